The fourth-order valence-electron chi connectivity index (χ4n) is 2.15. The molecule has 0 radical (unpaired) electrons. The van der Waals surface area contributed by atoms with Gasteiger partial charge in [-0.3, -0.25) is 4.79 Å². The number of nitrogens with zero attached hydrogens (tertiary/aromatic N) is 1. The molecule has 1 atom stereocenters. The van der Waals surface area contributed by atoms with Gasteiger partial charge in [0.05, 0.1) is 18.7 Å². The largest absolute Gasteiger partial charge is 0.383 e. The third-order valence-electron chi connectivity index (χ3n) is 3.20. The second kappa shape index (κ2) is 8.93. The molecule has 4 nitrogen and oxygen atoms in total. The lowest BCUT2D eigenvalue weighted by Crippen LogP contribution is -2.46. The molecule has 104 valence electrons. The molecule has 0 saturated carbocycles. The minimum absolute atomic E-state index is 0.0102. The van der Waals surface area contributed by atoms with Crippen molar-refractivity contribution < 1.29 is 9.53 Å². The second-order valence-electron chi connectivity index (χ2n) is 4.73. The highest BCUT2D eigenvalue weighted by molar-refractivity contribution is 5.85. The number of hydrogen-bond donors (Lipinski definition) is 1. The monoisotopic (exact) mass is 254 g/mol. The molecule has 0 aromatic carbocycles. The van der Waals surface area contributed by atoms with Gasteiger partial charge in [-0.05, 0) is 19.3 Å². The van der Waals surface area contributed by atoms with Gasteiger partial charge in [0.1, 0.15) is 5.41 Å². The minimum Gasteiger partial charge on any atom is -0.383 e. The minimum atomic E-state index is -0.870. The SMILES string of the molecule is CCCC(C#N)(CCC)C(=O)NC(CC)COC. The standard InChI is InChI=1S/C14H26N2O2/c1-5-8-14(11-15,9-6-2)13(17)16-12(7-3)10-18-4/h12H,5-10H2,1-4H3,(H,16,17). The van der Waals surface area contributed by atoms with Crippen LogP contribution in [0, 0.1) is 16.7 Å². The van der Waals surface area contributed by atoms with Gasteiger partial charge in [0.2, 0.25) is 5.91 Å². The molecule has 0 saturated heterocycles. The van der Waals surface area contributed by atoms with Crippen LogP contribution >= 0.6 is 0 Å². The van der Waals surface area contributed by atoms with Crippen LogP contribution in [0.25, 0.3) is 0 Å². The Kier molecular flexibility index (Phi) is 8.40. The molecule has 0 fully saturated rings. The number of ether oxygens (including phenoxy) is 1. The maximum absolute atomic E-state index is 12.3. The molecule has 0 heterocycles. The van der Waals surface area contributed by atoms with Gasteiger partial charge in [-0.25, -0.2) is 0 Å². The van der Waals surface area contributed by atoms with Crippen LogP contribution in [0.3, 0.4) is 0 Å². The Hall–Kier alpha value is -1.08. The summed E-state index contributed by atoms with van der Waals surface area (Å²) in [6.45, 7) is 6.49. The van der Waals surface area contributed by atoms with E-state index in [4.69, 9.17) is 4.74 Å². The van der Waals surface area contributed by atoms with E-state index in [-0.39, 0.29) is 11.9 Å². The molecule has 0 aliphatic rings. The van der Waals surface area contributed by atoms with Crippen molar-refractivity contribution in [3.05, 3.63) is 0 Å². The zero-order chi connectivity index (χ0) is 14.0. The molecule has 1 amide bonds. The maximum atomic E-state index is 12.3. The van der Waals surface area contributed by atoms with Crippen molar-refractivity contribution in [2.45, 2.75) is 58.9 Å². The topological polar surface area (TPSA) is 62.1 Å². The van der Waals surface area contributed by atoms with Gasteiger partial charge in [-0.15, -0.1) is 0 Å². The highest BCUT2D eigenvalue weighted by Gasteiger charge is 2.37. The van der Waals surface area contributed by atoms with Gasteiger partial charge in [-0.2, -0.15) is 5.26 Å². The van der Waals surface area contributed by atoms with Crippen molar-refractivity contribution in [3.63, 3.8) is 0 Å². The van der Waals surface area contributed by atoms with Gasteiger partial charge in [-0.1, -0.05) is 33.6 Å². The van der Waals surface area contributed by atoms with Gasteiger partial charge in [0, 0.05) is 7.11 Å². The normalized spacial score (nSPS) is 12.8. The van der Waals surface area contributed by atoms with E-state index in [1.165, 1.54) is 0 Å². The lowest BCUT2D eigenvalue weighted by molar-refractivity contribution is -0.130. The average molecular weight is 254 g/mol. The summed E-state index contributed by atoms with van der Waals surface area (Å²) in [5, 5.41) is 12.3. The number of amides is 1. The van der Waals surface area contributed by atoms with Crippen molar-refractivity contribution in [3.8, 4) is 6.07 Å². The van der Waals surface area contributed by atoms with Gasteiger partial charge < -0.3 is 10.1 Å². The Balaban J connectivity index is 4.79. The van der Waals surface area contributed by atoms with Crippen LogP contribution in [-0.2, 0) is 9.53 Å². The van der Waals surface area contributed by atoms with E-state index in [0.29, 0.717) is 19.4 Å². The molecule has 0 aliphatic heterocycles. The van der Waals surface area contributed by atoms with E-state index in [9.17, 15) is 10.1 Å². The van der Waals surface area contributed by atoms with Crippen LogP contribution in [0.1, 0.15) is 52.9 Å². The Labute approximate surface area is 111 Å². The first-order chi connectivity index (χ1) is 8.60. The summed E-state index contributed by atoms with van der Waals surface area (Å²) in [6.07, 6.45) is 3.71. The van der Waals surface area contributed by atoms with Crippen LogP contribution in [0.15, 0.2) is 0 Å². The van der Waals surface area contributed by atoms with Crippen LogP contribution in [0.2, 0.25) is 0 Å². The average Bonchev–Trinajstić information content (AvgIpc) is 2.37. The molecule has 18 heavy (non-hydrogen) atoms. The van der Waals surface area contributed by atoms with E-state index in [1.54, 1.807) is 7.11 Å². The van der Waals surface area contributed by atoms with Gasteiger partial charge in [0.15, 0.2) is 0 Å². The molecule has 0 spiro atoms. The van der Waals surface area contributed by atoms with E-state index in [0.717, 1.165) is 19.3 Å². The summed E-state index contributed by atoms with van der Waals surface area (Å²) in [5.74, 6) is -0.141. The summed E-state index contributed by atoms with van der Waals surface area (Å²) in [6, 6.07) is 2.23. The molecular formula is C14H26N2O2. The van der Waals surface area contributed by atoms with Crippen LogP contribution in [0.4, 0.5) is 0 Å². The summed E-state index contributed by atoms with van der Waals surface area (Å²) in [4.78, 5) is 12.3. The van der Waals surface area contributed by atoms with Crippen molar-refractivity contribution in [1.82, 2.24) is 5.32 Å². The molecule has 0 rings (SSSR count). The number of carbonyl (C=O) groups excluding carboxylic acids is 1. The lowest BCUT2D eigenvalue weighted by Gasteiger charge is -2.27. The Morgan fingerprint density at radius 1 is 1.33 bits per heavy atom. The van der Waals surface area contributed by atoms with Crippen LogP contribution in [-0.4, -0.2) is 25.7 Å². The fourth-order valence-corrected chi connectivity index (χ4v) is 2.15. The summed E-state index contributed by atoms with van der Waals surface area (Å²) in [7, 11) is 1.62. The smallest absolute Gasteiger partial charge is 0.240 e. The third kappa shape index (κ3) is 4.66. The predicted octanol–water partition coefficient (Wildman–Crippen LogP) is 2.64. The molecule has 0 aliphatic carbocycles. The Morgan fingerprint density at radius 3 is 2.22 bits per heavy atom. The van der Waals surface area contributed by atoms with Gasteiger partial charge in [0.25, 0.3) is 0 Å². The van der Waals surface area contributed by atoms with E-state index >= 15 is 0 Å². The van der Waals surface area contributed by atoms with Crippen LogP contribution < -0.4 is 5.32 Å². The lowest BCUT2D eigenvalue weighted by atomic mass is 9.79. The van der Waals surface area contributed by atoms with Crippen molar-refractivity contribution in [2.24, 2.45) is 5.41 Å². The van der Waals surface area contributed by atoms with Crippen molar-refractivity contribution >= 4 is 5.91 Å². The van der Waals surface area contributed by atoms with Crippen LogP contribution in [0.5, 0.6) is 0 Å². The zero-order valence-electron chi connectivity index (χ0n) is 12.1. The number of hydrogen-bond acceptors (Lipinski definition) is 3. The zero-order valence-corrected chi connectivity index (χ0v) is 12.1. The van der Waals surface area contributed by atoms with Crippen molar-refractivity contribution in [1.29, 1.82) is 5.26 Å². The summed E-state index contributed by atoms with van der Waals surface area (Å²) >= 11 is 0. The number of rotatable bonds is 9. The molecule has 4 heteroatoms. The van der Waals surface area contributed by atoms with Gasteiger partial charge >= 0.3 is 0 Å². The molecule has 0 aromatic rings. The number of nitriles is 1. The second-order valence-corrected chi connectivity index (χ2v) is 4.73. The number of carbonyl (C=O) groups is 1. The van der Waals surface area contributed by atoms with E-state index in [2.05, 4.69) is 11.4 Å². The van der Waals surface area contributed by atoms with E-state index in [1.807, 2.05) is 20.8 Å². The quantitative estimate of drug-likeness (QED) is 0.688. The number of methoxy groups -OCH3 is 1. The first-order valence-electron chi connectivity index (χ1n) is 6.81. The molecule has 1 N–H and O–H groups in total. The first kappa shape index (κ1) is 16.9. The fraction of sp³-hybridized carbons (Fsp3) is 0.857. The summed E-state index contributed by atoms with van der Waals surface area (Å²) < 4.78 is 5.06. The highest BCUT2D eigenvalue weighted by atomic mass is 16.5. The predicted molar refractivity (Wildman–Crippen MR) is 72.0 cm³/mol. The van der Waals surface area contributed by atoms with E-state index < -0.39 is 5.41 Å². The number of nitrogens with one attached hydrogen (secondary N) is 1. The summed E-state index contributed by atoms with van der Waals surface area (Å²) in [5.41, 5.74) is -0.870. The van der Waals surface area contributed by atoms with Crippen molar-refractivity contribution in [2.75, 3.05) is 13.7 Å². The molecule has 1 unspecified atom stereocenters. The maximum Gasteiger partial charge on any atom is 0.240 e. The Morgan fingerprint density at radius 2 is 1.89 bits per heavy atom. The Bertz CT molecular complexity index is 278. The molecular weight excluding hydrogens is 228 g/mol. The third-order valence-corrected chi connectivity index (χ3v) is 3.20. The first-order valence-corrected chi connectivity index (χ1v) is 6.81. The molecule has 0 bridgehead atoms. The highest BCUT2D eigenvalue weighted by Crippen LogP contribution is 2.29. The molecule has 0 aromatic heterocycles.